The van der Waals surface area contributed by atoms with E-state index in [-0.39, 0.29) is 0 Å². The van der Waals surface area contributed by atoms with Gasteiger partial charge in [-0.1, -0.05) is 0 Å². The second-order valence-electron chi connectivity index (χ2n) is 4.46. The smallest absolute Gasteiger partial charge is 0.146 e. The molecule has 0 fully saturated rings. The molecule has 0 radical (unpaired) electrons. The molecule has 0 aliphatic carbocycles. The lowest BCUT2D eigenvalue weighted by molar-refractivity contribution is 0.139. The number of halogens is 1. The maximum absolute atomic E-state index is 10.1. The molecule has 0 aliphatic rings. The van der Waals surface area contributed by atoms with Crippen molar-refractivity contribution in [2.45, 2.75) is 32.8 Å². The molecule has 0 spiro atoms. The first-order chi connectivity index (χ1) is 8.50. The zero-order valence-electron chi connectivity index (χ0n) is 10.8. The van der Waals surface area contributed by atoms with Gasteiger partial charge < -0.3 is 9.52 Å². The Labute approximate surface area is 115 Å². The molecule has 1 atom stereocenters. The van der Waals surface area contributed by atoms with Crippen LogP contribution in [0.4, 0.5) is 0 Å². The lowest BCUT2D eigenvalue weighted by Gasteiger charge is -2.08. The van der Waals surface area contributed by atoms with Crippen molar-refractivity contribution >= 4 is 15.9 Å². The summed E-state index contributed by atoms with van der Waals surface area (Å²) in [6.07, 6.45) is 2.40. The molecule has 0 saturated heterocycles. The number of furan rings is 1. The molecule has 0 amide bonds. The van der Waals surface area contributed by atoms with Crippen LogP contribution >= 0.6 is 15.9 Å². The highest BCUT2D eigenvalue weighted by Gasteiger charge is 2.17. The SMILES string of the molecule is Cc1nn(C)c(C)c1CCC(O)c1occc1Br. The summed E-state index contributed by atoms with van der Waals surface area (Å²) in [5, 5.41) is 14.5. The van der Waals surface area contributed by atoms with Gasteiger partial charge in [0.05, 0.1) is 16.4 Å². The van der Waals surface area contributed by atoms with Gasteiger partial charge in [0.2, 0.25) is 0 Å². The lowest BCUT2D eigenvalue weighted by atomic mass is 10.0. The van der Waals surface area contributed by atoms with E-state index in [9.17, 15) is 5.11 Å². The molecule has 4 nitrogen and oxygen atoms in total. The third kappa shape index (κ3) is 2.52. The van der Waals surface area contributed by atoms with Gasteiger partial charge in [-0.05, 0) is 54.2 Å². The molecule has 98 valence electrons. The first kappa shape index (κ1) is 13.4. The van der Waals surface area contributed by atoms with Gasteiger partial charge in [0.15, 0.2) is 0 Å². The van der Waals surface area contributed by atoms with Crippen LogP contribution in [0.3, 0.4) is 0 Å². The molecule has 2 aromatic heterocycles. The largest absolute Gasteiger partial charge is 0.465 e. The lowest BCUT2D eigenvalue weighted by Crippen LogP contribution is -2.01. The van der Waals surface area contributed by atoms with Gasteiger partial charge in [-0.15, -0.1) is 0 Å². The second kappa shape index (κ2) is 5.28. The van der Waals surface area contributed by atoms with Gasteiger partial charge in [-0.2, -0.15) is 5.10 Å². The van der Waals surface area contributed by atoms with E-state index in [0.717, 1.165) is 22.3 Å². The quantitative estimate of drug-likeness (QED) is 0.944. The normalized spacial score (nSPS) is 12.9. The van der Waals surface area contributed by atoms with Crippen molar-refractivity contribution < 1.29 is 9.52 Å². The molecule has 1 unspecified atom stereocenters. The fourth-order valence-corrected chi connectivity index (χ4v) is 2.60. The van der Waals surface area contributed by atoms with Crippen LogP contribution in [-0.4, -0.2) is 14.9 Å². The first-order valence-electron chi connectivity index (χ1n) is 5.90. The van der Waals surface area contributed by atoms with Crippen molar-refractivity contribution in [3.63, 3.8) is 0 Å². The van der Waals surface area contributed by atoms with Gasteiger partial charge in [0, 0.05) is 12.7 Å². The molecule has 0 saturated carbocycles. The number of aliphatic hydroxyl groups is 1. The summed E-state index contributed by atoms with van der Waals surface area (Å²) in [5.74, 6) is 0.592. The van der Waals surface area contributed by atoms with Gasteiger partial charge in [0.25, 0.3) is 0 Å². The molecule has 1 N–H and O–H groups in total. The minimum atomic E-state index is -0.589. The summed E-state index contributed by atoms with van der Waals surface area (Å²) < 4.78 is 7.95. The Hall–Kier alpha value is -1.07. The Morgan fingerprint density at radius 3 is 2.72 bits per heavy atom. The highest BCUT2D eigenvalue weighted by atomic mass is 79.9. The standard InChI is InChI=1S/C13H17BrN2O2/c1-8-10(9(2)16(3)15-8)4-5-12(17)13-11(14)6-7-18-13/h6-7,12,17H,4-5H2,1-3H3. The molecule has 2 rings (SSSR count). The van der Waals surface area contributed by atoms with E-state index in [1.807, 2.05) is 25.6 Å². The maximum Gasteiger partial charge on any atom is 0.146 e. The predicted molar refractivity (Wildman–Crippen MR) is 72.4 cm³/mol. The van der Waals surface area contributed by atoms with Crippen molar-refractivity contribution in [2.24, 2.45) is 7.05 Å². The summed E-state index contributed by atoms with van der Waals surface area (Å²) in [6, 6.07) is 1.79. The first-order valence-corrected chi connectivity index (χ1v) is 6.70. The zero-order chi connectivity index (χ0) is 13.3. The fraction of sp³-hybridized carbons (Fsp3) is 0.462. The van der Waals surface area contributed by atoms with Crippen LogP contribution in [0, 0.1) is 13.8 Å². The average Bonchev–Trinajstić information content (AvgIpc) is 2.83. The highest BCUT2D eigenvalue weighted by molar-refractivity contribution is 9.10. The van der Waals surface area contributed by atoms with Crippen LogP contribution in [-0.2, 0) is 13.5 Å². The van der Waals surface area contributed by atoms with E-state index in [2.05, 4.69) is 21.0 Å². The van der Waals surface area contributed by atoms with Crippen LogP contribution in [0.2, 0.25) is 0 Å². The van der Waals surface area contributed by atoms with Crippen LogP contribution in [0.25, 0.3) is 0 Å². The number of nitrogens with zero attached hydrogens (tertiary/aromatic N) is 2. The highest BCUT2D eigenvalue weighted by Crippen LogP contribution is 2.28. The van der Waals surface area contributed by atoms with Crippen LogP contribution in [0.1, 0.15) is 35.2 Å². The van der Waals surface area contributed by atoms with Crippen LogP contribution < -0.4 is 0 Å². The molecule has 0 aliphatic heterocycles. The molecule has 0 aromatic carbocycles. The van der Waals surface area contributed by atoms with Crippen molar-refractivity contribution in [2.75, 3.05) is 0 Å². The molecule has 18 heavy (non-hydrogen) atoms. The summed E-state index contributed by atoms with van der Waals surface area (Å²) >= 11 is 3.36. The Bertz CT molecular complexity index is 545. The predicted octanol–water partition coefficient (Wildman–Crippen LogP) is 3.06. The van der Waals surface area contributed by atoms with Crippen molar-refractivity contribution in [3.05, 3.63) is 39.5 Å². The van der Waals surface area contributed by atoms with Gasteiger partial charge >= 0.3 is 0 Å². The average molecular weight is 313 g/mol. The molecular weight excluding hydrogens is 296 g/mol. The summed E-state index contributed by atoms with van der Waals surface area (Å²) in [6.45, 7) is 4.04. The van der Waals surface area contributed by atoms with Crippen LogP contribution in [0.15, 0.2) is 21.2 Å². The third-order valence-electron chi connectivity index (χ3n) is 3.27. The van der Waals surface area contributed by atoms with Crippen molar-refractivity contribution in [1.29, 1.82) is 0 Å². The number of aryl methyl sites for hydroxylation is 2. The second-order valence-corrected chi connectivity index (χ2v) is 5.31. The summed E-state index contributed by atoms with van der Waals surface area (Å²) in [4.78, 5) is 0. The number of hydrogen-bond donors (Lipinski definition) is 1. The summed E-state index contributed by atoms with van der Waals surface area (Å²) in [7, 11) is 1.94. The maximum atomic E-state index is 10.1. The zero-order valence-corrected chi connectivity index (χ0v) is 12.4. The van der Waals surface area contributed by atoms with Crippen molar-refractivity contribution in [1.82, 2.24) is 9.78 Å². The molecule has 0 bridgehead atoms. The van der Waals surface area contributed by atoms with E-state index < -0.39 is 6.10 Å². The number of rotatable bonds is 4. The fourth-order valence-electron chi connectivity index (χ4n) is 2.13. The van der Waals surface area contributed by atoms with E-state index in [4.69, 9.17) is 4.42 Å². The Morgan fingerprint density at radius 2 is 2.22 bits per heavy atom. The minimum absolute atomic E-state index is 0.589. The molecule has 2 heterocycles. The van der Waals surface area contributed by atoms with Gasteiger partial charge in [0.1, 0.15) is 11.9 Å². The van der Waals surface area contributed by atoms with Crippen LogP contribution in [0.5, 0.6) is 0 Å². The molecular formula is C13H17BrN2O2. The summed E-state index contributed by atoms with van der Waals surface area (Å²) in [5.41, 5.74) is 3.39. The number of hydrogen-bond acceptors (Lipinski definition) is 3. The minimum Gasteiger partial charge on any atom is -0.465 e. The van der Waals surface area contributed by atoms with E-state index >= 15 is 0 Å². The van der Waals surface area contributed by atoms with Gasteiger partial charge in [-0.3, -0.25) is 4.68 Å². The number of aromatic nitrogens is 2. The van der Waals surface area contributed by atoms with Crippen molar-refractivity contribution in [3.8, 4) is 0 Å². The van der Waals surface area contributed by atoms with E-state index in [0.29, 0.717) is 12.2 Å². The number of aliphatic hydroxyl groups excluding tert-OH is 1. The third-order valence-corrected chi connectivity index (χ3v) is 3.93. The van der Waals surface area contributed by atoms with Gasteiger partial charge in [-0.25, -0.2) is 0 Å². The molecule has 5 heteroatoms. The Balaban J connectivity index is 2.06. The Kier molecular flexibility index (Phi) is 3.92. The Morgan fingerprint density at radius 1 is 1.50 bits per heavy atom. The topological polar surface area (TPSA) is 51.2 Å². The molecule has 2 aromatic rings. The van der Waals surface area contributed by atoms with E-state index in [1.165, 1.54) is 5.56 Å². The van der Waals surface area contributed by atoms with E-state index in [1.54, 1.807) is 12.3 Å². The monoisotopic (exact) mass is 312 g/mol.